The number of thioether (sulfide) groups is 1. The van der Waals surface area contributed by atoms with Gasteiger partial charge in [0.2, 0.25) is 0 Å². The maximum atomic E-state index is 13.5. The van der Waals surface area contributed by atoms with Crippen LogP contribution in [0.1, 0.15) is 29.8 Å². The van der Waals surface area contributed by atoms with Gasteiger partial charge >= 0.3 is 0 Å². The first-order chi connectivity index (χ1) is 16.4. The van der Waals surface area contributed by atoms with Gasteiger partial charge in [-0.2, -0.15) is 0 Å². The quantitative estimate of drug-likeness (QED) is 0.235. The Balaban J connectivity index is 1.82. The van der Waals surface area contributed by atoms with Gasteiger partial charge in [0.25, 0.3) is 11.5 Å². The SMILES string of the molecule is CCN(CC)C(=O)c1ccc2c(=O)n(-c3ccc(F)cc3)c(SCc3ccc(Cl)cc3)nc2c1. The molecule has 8 heteroatoms. The Morgan fingerprint density at radius 1 is 1.03 bits per heavy atom. The average Bonchev–Trinajstić information content (AvgIpc) is 2.85. The van der Waals surface area contributed by atoms with Crippen LogP contribution in [-0.4, -0.2) is 33.4 Å². The van der Waals surface area contributed by atoms with Crippen LogP contribution in [0.25, 0.3) is 16.6 Å². The van der Waals surface area contributed by atoms with Crippen LogP contribution >= 0.6 is 23.4 Å². The molecule has 4 rings (SSSR count). The summed E-state index contributed by atoms with van der Waals surface area (Å²) in [5.41, 5.74) is 2.18. The topological polar surface area (TPSA) is 55.2 Å². The molecule has 0 saturated heterocycles. The fourth-order valence-electron chi connectivity index (χ4n) is 3.63. The highest BCUT2D eigenvalue weighted by Crippen LogP contribution is 2.26. The van der Waals surface area contributed by atoms with E-state index in [-0.39, 0.29) is 17.3 Å². The fourth-order valence-corrected chi connectivity index (χ4v) is 4.73. The summed E-state index contributed by atoms with van der Waals surface area (Å²) >= 11 is 7.37. The van der Waals surface area contributed by atoms with E-state index in [1.165, 1.54) is 28.5 Å². The van der Waals surface area contributed by atoms with Crippen LogP contribution in [0.15, 0.2) is 76.7 Å². The van der Waals surface area contributed by atoms with Crippen molar-refractivity contribution in [1.82, 2.24) is 14.5 Å². The molecule has 0 unspecified atom stereocenters. The maximum Gasteiger partial charge on any atom is 0.266 e. The summed E-state index contributed by atoms with van der Waals surface area (Å²) in [6.07, 6.45) is 0. The van der Waals surface area contributed by atoms with Crippen LogP contribution in [-0.2, 0) is 5.75 Å². The molecule has 1 aromatic heterocycles. The van der Waals surface area contributed by atoms with Gasteiger partial charge in [0.1, 0.15) is 5.82 Å². The number of fused-ring (bicyclic) bond motifs is 1. The smallest absolute Gasteiger partial charge is 0.266 e. The summed E-state index contributed by atoms with van der Waals surface area (Å²) in [6.45, 7) is 5.03. The van der Waals surface area contributed by atoms with Gasteiger partial charge in [-0.05, 0) is 74.0 Å². The molecule has 4 aromatic rings. The molecule has 34 heavy (non-hydrogen) atoms. The first-order valence-corrected chi connectivity index (χ1v) is 12.3. The van der Waals surface area contributed by atoms with Crippen molar-refractivity contribution < 1.29 is 9.18 Å². The van der Waals surface area contributed by atoms with E-state index in [1.807, 2.05) is 38.1 Å². The third kappa shape index (κ3) is 5.00. The summed E-state index contributed by atoms with van der Waals surface area (Å²) in [7, 11) is 0. The van der Waals surface area contributed by atoms with Gasteiger partial charge in [0.05, 0.1) is 16.6 Å². The standard InChI is InChI=1S/C26H23ClFN3O2S/c1-3-30(4-2)24(32)18-7-14-22-23(15-18)29-26(34-16-17-5-8-19(27)9-6-17)31(25(22)33)21-12-10-20(28)11-13-21/h5-15H,3-4,16H2,1-2H3. The van der Waals surface area contributed by atoms with Crippen LogP contribution in [0.2, 0.25) is 5.02 Å². The minimum absolute atomic E-state index is 0.105. The lowest BCUT2D eigenvalue weighted by Crippen LogP contribution is -2.30. The van der Waals surface area contributed by atoms with E-state index >= 15 is 0 Å². The zero-order valence-electron chi connectivity index (χ0n) is 18.8. The number of aromatic nitrogens is 2. The molecule has 0 fully saturated rings. The number of hydrogen-bond donors (Lipinski definition) is 0. The summed E-state index contributed by atoms with van der Waals surface area (Å²) in [6, 6.07) is 18.1. The van der Waals surface area contributed by atoms with Crippen LogP contribution < -0.4 is 5.56 Å². The van der Waals surface area contributed by atoms with E-state index < -0.39 is 0 Å². The fraction of sp³-hybridized carbons (Fsp3) is 0.192. The number of rotatable bonds is 7. The molecule has 174 valence electrons. The Hall–Kier alpha value is -3.16. The summed E-state index contributed by atoms with van der Waals surface area (Å²) in [4.78, 5) is 32.8. The molecule has 1 amide bonds. The number of nitrogens with zero attached hydrogens (tertiary/aromatic N) is 3. The first-order valence-electron chi connectivity index (χ1n) is 10.9. The highest BCUT2D eigenvalue weighted by molar-refractivity contribution is 7.98. The molecule has 0 radical (unpaired) electrons. The van der Waals surface area contributed by atoms with E-state index in [2.05, 4.69) is 0 Å². The predicted molar refractivity (Wildman–Crippen MR) is 136 cm³/mol. The van der Waals surface area contributed by atoms with Gasteiger partial charge in [-0.1, -0.05) is 35.5 Å². The third-order valence-electron chi connectivity index (χ3n) is 5.50. The lowest BCUT2D eigenvalue weighted by Gasteiger charge is -2.19. The van der Waals surface area contributed by atoms with E-state index in [9.17, 15) is 14.0 Å². The number of halogens is 2. The van der Waals surface area contributed by atoms with Gasteiger partial charge in [-0.15, -0.1) is 0 Å². The Morgan fingerprint density at radius 3 is 2.35 bits per heavy atom. The van der Waals surface area contributed by atoms with Crippen LogP contribution in [0.4, 0.5) is 4.39 Å². The summed E-state index contributed by atoms with van der Waals surface area (Å²) < 4.78 is 15.0. The number of benzene rings is 3. The Kier molecular flexibility index (Phi) is 7.34. The Bertz CT molecular complexity index is 1380. The number of carbonyl (C=O) groups is 1. The van der Waals surface area contributed by atoms with Crippen molar-refractivity contribution in [2.75, 3.05) is 13.1 Å². The van der Waals surface area contributed by atoms with Crippen molar-refractivity contribution >= 4 is 40.2 Å². The van der Waals surface area contributed by atoms with E-state index in [0.29, 0.717) is 51.2 Å². The molecule has 0 aliphatic heterocycles. The lowest BCUT2D eigenvalue weighted by molar-refractivity contribution is 0.0773. The van der Waals surface area contributed by atoms with Crippen LogP contribution in [0.3, 0.4) is 0 Å². The number of carbonyl (C=O) groups excluding carboxylic acids is 1. The molecule has 0 atom stereocenters. The van der Waals surface area contributed by atoms with Crippen molar-refractivity contribution in [2.24, 2.45) is 0 Å². The zero-order valence-corrected chi connectivity index (χ0v) is 20.4. The van der Waals surface area contributed by atoms with Crippen molar-refractivity contribution in [3.63, 3.8) is 0 Å². The average molecular weight is 496 g/mol. The van der Waals surface area contributed by atoms with Crippen LogP contribution in [0, 0.1) is 5.82 Å². The van der Waals surface area contributed by atoms with Gasteiger partial charge in [0.15, 0.2) is 5.16 Å². The van der Waals surface area contributed by atoms with Crippen molar-refractivity contribution in [1.29, 1.82) is 0 Å². The Labute approximate surface area is 206 Å². The molecule has 0 aliphatic carbocycles. The van der Waals surface area contributed by atoms with Gasteiger partial charge in [0, 0.05) is 29.4 Å². The molecule has 1 heterocycles. The number of hydrogen-bond acceptors (Lipinski definition) is 4. The summed E-state index contributed by atoms with van der Waals surface area (Å²) in [5.74, 6) is 0.0567. The van der Waals surface area contributed by atoms with Gasteiger partial charge in [-0.25, -0.2) is 9.37 Å². The minimum Gasteiger partial charge on any atom is -0.339 e. The highest BCUT2D eigenvalue weighted by atomic mass is 35.5. The molecule has 0 N–H and O–H groups in total. The van der Waals surface area contributed by atoms with Gasteiger partial charge < -0.3 is 4.90 Å². The molecular weight excluding hydrogens is 473 g/mol. The monoisotopic (exact) mass is 495 g/mol. The number of amides is 1. The molecule has 0 saturated carbocycles. The van der Waals surface area contributed by atoms with Crippen molar-refractivity contribution in [2.45, 2.75) is 24.8 Å². The van der Waals surface area contributed by atoms with E-state index in [0.717, 1.165) is 5.56 Å². The second kappa shape index (κ2) is 10.4. The molecule has 0 aliphatic rings. The van der Waals surface area contributed by atoms with E-state index in [4.69, 9.17) is 16.6 Å². The lowest BCUT2D eigenvalue weighted by atomic mass is 10.1. The second-order valence-corrected chi connectivity index (χ2v) is 9.01. The molecule has 5 nitrogen and oxygen atoms in total. The predicted octanol–water partition coefficient (Wildman–Crippen LogP) is 5.95. The van der Waals surface area contributed by atoms with Crippen molar-refractivity contribution in [3.8, 4) is 5.69 Å². The van der Waals surface area contributed by atoms with Crippen LogP contribution in [0.5, 0.6) is 0 Å². The molecule has 0 spiro atoms. The zero-order chi connectivity index (χ0) is 24.2. The van der Waals surface area contributed by atoms with Crippen molar-refractivity contribution in [3.05, 3.63) is 99.1 Å². The van der Waals surface area contributed by atoms with E-state index in [1.54, 1.807) is 35.2 Å². The maximum absolute atomic E-state index is 13.5. The largest absolute Gasteiger partial charge is 0.339 e. The molecule has 0 bridgehead atoms. The molecular formula is C26H23ClFN3O2S. The molecule has 3 aromatic carbocycles. The third-order valence-corrected chi connectivity index (χ3v) is 6.76. The minimum atomic E-state index is -0.388. The summed E-state index contributed by atoms with van der Waals surface area (Å²) in [5, 5.41) is 1.48. The first kappa shape index (κ1) is 24.0. The normalized spacial score (nSPS) is 11.1. The highest BCUT2D eigenvalue weighted by Gasteiger charge is 2.17. The Morgan fingerprint density at radius 2 is 1.71 bits per heavy atom. The van der Waals surface area contributed by atoms with Gasteiger partial charge in [-0.3, -0.25) is 14.2 Å². The second-order valence-electron chi connectivity index (χ2n) is 7.64.